The third-order valence-electron chi connectivity index (χ3n) is 3.25. The van der Waals surface area contributed by atoms with Crippen LogP contribution < -0.4 is 10.6 Å². The summed E-state index contributed by atoms with van der Waals surface area (Å²) in [6.45, 7) is 0. The Hall–Kier alpha value is -2.86. The lowest BCUT2D eigenvalue weighted by Gasteiger charge is -2.09. The summed E-state index contributed by atoms with van der Waals surface area (Å²) < 4.78 is 4.86. The average molecular weight is 331 g/mol. The summed E-state index contributed by atoms with van der Waals surface area (Å²) in [7, 11) is 0. The van der Waals surface area contributed by atoms with E-state index in [1.165, 1.54) is 0 Å². The predicted molar refractivity (Wildman–Crippen MR) is 83.2 cm³/mol. The van der Waals surface area contributed by atoms with Crippen molar-refractivity contribution >= 4 is 35.2 Å². The first kappa shape index (κ1) is 15.1. The van der Waals surface area contributed by atoms with E-state index in [0.29, 0.717) is 21.8 Å². The van der Waals surface area contributed by atoms with E-state index in [4.69, 9.17) is 16.3 Å². The molecule has 2 N–H and O–H groups in total. The molecule has 0 aromatic heterocycles. The lowest BCUT2D eigenvalue weighted by molar-refractivity contribution is -0.123. The van der Waals surface area contributed by atoms with Crippen molar-refractivity contribution in [3.8, 4) is 0 Å². The summed E-state index contributed by atoms with van der Waals surface area (Å²) in [5.41, 5.74) is 1.50. The fraction of sp³-hybridized carbons (Fsp3) is 0.0625. The Balaban J connectivity index is 1.71. The van der Waals surface area contributed by atoms with E-state index in [1.54, 1.807) is 48.5 Å². The van der Waals surface area contributed by atoms with Gasteiger partial charge in [-0.15, -0.1) is 0 Å². The molecule has 2 aromatic carbocycles. The summed E-state index contributed by atoms with van der Waals surface area (Å²) in [6, 6.07) is 13.0. The molecule has 1 fully saturated rings. The van der Waals surface area contributed by atoms with Crippen molar-refractivity contribution in [1.29, 1.82) is 0 Å². The van der Waals surface area contributed by atoms with Gasteiger partial charge >= 0.3 is 6.09 Å². The zero-order valence-corrected chi connectivity index (χ0v) is 12.5. The Morgan fingerprint density at radius 1 is 1.13 bits per heavy atom. The van der Waals surface area contributed by atoms with Crippen molar-refractivity contribution in [2.75, 3.05) is 5.32 Å². The molecule has 1 unspecified atom stereocenters. The minimum absolute atomic E-state index is 0.301. The summed E-state index contributed by atoms with van der Waals surface area (Å²) >= 11 is 5.85. The number of hydrogen-bond donors (Lipinski definition) is 2. The number of amides is 3. The standard InChI is InChI=1S/C16H11ClN2O4/c17-11-3-1-2-10(8-11)14(20)18-12-6-4-9(5-7-12)13-15(21)19-16(22)23-13/h1-8,13H,(H,18,20)(H,19,21,22). The smallest absolute Gasteiger partial charge is 0.415 e. The van der Waals surface area contributed by atoms with Gasteiger partial charge in [0.25, 0.3) is 11.8 Å². The first-order valence-corrected chi connectivity index (χ1v) is 7.09. The van der Waals surface area contributed by atoms with Crippen LogP contribution in [0.5, 0.6) is 0 Å². The second-order valence-electron chi connectivity index (χ2n) is 4.86. The summed E-state index contributed by atoms with van der Waals surface area (Å²) in [6.07, 6.45) is -1.72. The number of nitrogens with one attached hydrogen (secondary N) is 2. The second kappa shape index (κ2) is 6.10. The number of halogens is 1. The Morgan fingerprint density at radius 2 is 1.87 bits per heavy atom. The largest absolute Gasteiger partial charge is 0.431 e. The zero-order valence-electron chi connectivity index (χ0n) is 11.7. The topological polar surface area (TPSA) is 84.5 Å². The van der Waals surface area contributed by atoms with E-state index in [2.05, 4.69) is 10.6 Å². The normalized spacial score (nSPS) is 16.7. The van der Waals surface area contributed by atoms with E-state index in [0.717, 1.165) is 0 Å². The minimum Gasteiger partial charge on any atom is -0.431 e. The number of ether oxygens (including phenoxy) is 1. The van der Waals surface area contributed by atoms with Crippen molar-refractivity contribution in [2.45, 2.75) is 6.10 Å². The molecule has 2 aromatic rings. The van der Waals surface area contributed by atoms with Gasteiger partial charge in [-0.05, 0) is 30.3 Å². The molecule has 0 bridgehead atoms. The highest BCUT2D eigenvalue weighted by Crippen LogP contribution is 2.23. The van der Waals surface area contributed by atoms with Crippen LogP contribution in [0.2, 0.25) is 5.02 Å². The van der Waals surface area contributed by atoms with E-state index in [9.17, 15) is 14.4 Å². The predicted octanol–water partition coefficient (Wildman–Crippen LogP) is 2.90. The number of rotatable bonds is 3. The van der Waals surface area contributed by atoms with Gasteiger partial charge in [-0.3, -0.25) is 14.9 Å². The molecule has 1 aliphatic heterocycles. The maximum Gasteiger partial charge on any atom is 0.415 e. The molecule has 1 saturated heterocycles. The maximum absolute atomic E-state index is 12.1. The van der Waals surface area contributed by atoms with Crippen LogP contribution >= 0.6 is 11.6 Å². The van der Waals surface area contributed by atoms with Gasteiger partial charge in [0.1, 0.15) is 0 Å². The third kappa shape index (κ3) is 3.32. The highest BCUT2D eigenvalue weighted by atomic mass is 35.5. The number of benzene rings is 2. The van der Waals surface area contributed by atoms with Gasteiger partial charge in [0, 0.05) is 21.8 Å². The minimum atomic E-state index is -0.958. The Labute approximate surface area is 136 Å². The highest BCUT2D eigenvalue weighted by molar-refractivity contribution is 6.31. The number of anilines is 1. The highest BCUT2D eigenvalue weighted by Gasteiger charge is 2.33. The lowest BCUT2D eigenvalue weighted by atomic mass is 10.1. The van der Waals surface area contributed by atoms with Crippen LogP contribution in [-0.2, 0) is 9.53 Å². The molecular weight excluding hydrogens is 320 g/mol. The van der Waals surface area contributed by atoms with Crippen LogP contribution in [0.25, 0.3) is 0 Å². The molecule has 116 valence electrons. The fourth-order valence-electron chi connectivity index (χ4n) is 2.15. The van der Waals surface area contributed by atoms with E-state index in [-0.39, 0.29) is 5.91 Å². The van der Waals surface area contributed by atoms with E-state index < -0.39 is 18.1 Å². The number of cyclic esters (lactones) is 1. The first-order chi connectivity index (χ1) is 11.0. The molecular formula is C16H11ClN2O4. The molecule has 1 aliphatic rings. The van der Waals surface area contributed by atoms with Gasteiger partial charge < -0.3 is 10.1 Å². The molecule has 23 heavy (non-hydrogen) atoms. The molecule has 3 rings (SSSR count). The average Bonchev–Trinajstić information content (AvgIpc) is 2.86. The van der Waals surface area contributed by atoms with Crippen LogP contribution in [0.1, 0.15) is 22.0 Å². The van der Waals surface area contributed by atoms with Gasteiger partial charge in [0.15, 0.2) is 0 Å². The molecule has 1 heterocycles. The molecule has 0 spiro atoms. The molecule has 6 nitrogen and oxygen atoms in total. The maximum atomic E-state index is 12.1. The van der Waals surface area contributed by atoms with Crippen LogP contribution in [-0.4, -0.2) is 17.9 Å². The van der Waals surface area contributed by atoms with Crippen molar-refractivity contribution in [2.24, 2.45) is 0 Å². The number of carbonyl (C=O) groups excluding carboxylic acids is 3. The van der Waals surface area contributed by atoms with Crippen LogP contribution in [0, 0.1) is 0 Å². The van der Waals surface area contributed by atoms with E-state index >= 15 is 0 Å². The summed E-state index contributed by atoms with van der Waals surface area (Å²) in [5, 5.41) is 5.25. The number of alkyl carbamates (subject to hydrolysis) is 1. The van der Waals surface area contributed by atoms with Crippen molar-refractivity contribution < 1.29 is 19.1 Å². The SMILES string of the molecule is O=C1NC(=O)C(c2ccc(NC(=O)c3cccc(Cl)c3)cc2)O1. The Kier molecular flexibility index (Phi) is 3.99. The quantitative estimate of drug-likeness (QED) is 0.906. The van der Waals surface area contributed by atoms with E-state index in [1.807, 2.05) is 0 Å². The Bertz CT molecular complexity index is 789. The molecule has 0 aliphatic carbocycles. The zero-order chi connectivity index (χ0) is 16.4. The number of hydrogen-bond acceptors (Lipinski definition) is 4. The van der Waals surface area contributed by atoms with Gasteiger partial charge in [-0.25, -0.2) is 4.79 Å². The second-order valence-corrected chi connectivity index (χ2v) is 5.30. The summed E-state index contributed by atoms with van der Waals surface area (Å²) in [4.78, 5) is 34.6. The molecule has 1 atom stereocenters. The Morgan fingerprint density at radius 3 is 2.48 bits per heavy atom. The van der Waals surface area contributed by atoms with Crippen molar-refractivity contribution in [3.63, 3.8) is 0 Å². The molecule has 0 radical (unpaired) electrons. The lowest BCUT2D eigenvalue weighted by Crippen LogP contribution is -2.20. The van der Waals surface area contributed by atoms with Crippen LogP contribution in [0.15, 0.2) is 48.5 Å². The fourth-order valence-corrected chi connectivity index (χ4v) is 2.34. The number of imide groups is 1. The number of carbonyl (C=O) groups is 3. The van der Waals surface area contributed by atoms with Crippen molar-refractivity contribution in [3.05, 3.63) is 64.7 Å². The van der Waals surface area contributed by atoms with Crippen LogP contribution in [0.4, 0.5) is 10.5 Å². The van der Waals surface area contributed by atoms with Crippen molar-refractivity contribution in [1.82, 2.24) is 5.32 Å². The van der Waals surface area contributed by atoms with Crippen LogP contribution in [0.3, 0.4) is 0 Å². The van der Waals surface area contributed by atoms with Gasteiger partial charge in [-0.2, -0.15) is 0 Å². The molecule has 7 heteroatoms. The third-order valence-corrected chi connectivity index (χ3v) is 3.48. The molecule has 3 amide bonds. The monoisotopic (exact) mass is 330 g/mol. The molecule has 0 saturated carbocycles. The van der Waals surface area contributed by atoms with Gasteiger partial charge in [0.05, 0.1) is 0 Å². The van der Waals surface area contributed by atoms with Gasteiger partial charge in [0.2, 0.25) is 6.10 Å². The first-order valence-electron chi connectivity index (χ1n) is 6.71. The van der Waals surface area contributed by atoms with Gasteiger partial charge in [-0.1, -0.05) is 29.8 Å². The summed E-state index contributed by atoms with van der Waals surface area (Å²) in [5.74, 6) is -0.809.